The third kappa shape index (κ3) is 4.76. The van der Waals surface area contributed by atoms with E-state index in [-0.39, 0.29) is 0 Å². The fourth-order valence-electron chi connectivity index (χ4n) is 4.45. The summed E-state index contributed by atoms with van der Waals surface area (Å²) in [6, 6.07) is 7.74. The van der Waals surface area contributed by atoms with Crippen molar-refractivity contribution < 1.29 is 5.11 Å². The third-order valence-electron chi connectivity index (χ3n) is 5.94. The van der Waals surface area contributed by atoms with Crippen molar-refractivity contribution in [1.82, 2.24) is 0 Å². The molecule has 1 aromatic rings. The number of hydrogen-bond acceptors (Lipinski definition) is 1. The lowest BCUT2D eigenvalue weighted by Crippen LogP contribution is -2.31. The minimum atomic E-state index is 0.373. The van der Waals surface area contributed by atoms with Crippen molar-refractivity contribution in [1.29, 1.82) is 0 Å². The van der Waals surface area contributed by atoms with Gasteiger partial charge in [0.15, 0.2) is 0 Å². The summed E-state index contributed by atoms with van der Waals surface area (Å²) in [4.78, 5) is 0. The fraction of sp³-hybridized carbons (Fsp3) is 0.714. The highest BCUT2D eigenvalue weighted by Gasteiger charge is 2.35. The molecule has 1 fully saturated rings. The van der Waals surface area contributed by atoms with Gasteiger partial charge in [-0.05, 0) is 61.1 Å². The van der Waals surface area contributed by atoms with Crippen LogP contribution in [0.15, 0.2) is 24.3 Å². The third-order valence-corrected chi connectivity index (χ3v) is 5.94. The molecule has 1 nitrogen and oxygen atoms in total. The van der Waals surface area contributed by atoms with Crippen LogP contribution in [0.25, 0.3) is 0 Å². The molecule has 1 aliphatic carbocycles. The zero-order chi connectivity index (χ0) is 15.8. The number of hydrogen-bond donors (Lipinski definition) is 1. The van der Waals surface area contributed by atoms with E-state index in [1.165, 1.54) is 69.8 Å². The minimum absolute atomic E-state index is 0.373. The largest absolute Gasteiger partial charge is 0.508 e. The molecule has 0 heterocycles. The Balaban J connectivity index is 1.82. The number of unbranched alkanes of at least 4 members (excludes halogenated alkanes) is 1. The van der Waals surface area contributed by atoms with Gasteiger partial charge in [0.25, 0.3) is 0 Å². The van der Waals surface area contributed by atoms with Crippen LogP contribution in [0.5, 0.6) is 5.75 Å². The van der Waals surface area contributed by atoms with Gasteiger partial charge in [0, 0.05) is 0 Å². The predicted octanol–water partition coefficient (Wildman–Crippen LogP) is 6.49. The normalized spacial score (nSPS) is 19.0. The average molecular weight is 303 g/mol. The molecule has 0 saturated heterocycles. The first kappa shape index (κ1) is 17.4. The molecule has 0 spiro atoms. The smallest absolute Gasteiger partial charge is 0.115 e. The molecule has 0 radical (unpaired) electrons. The van der Waals surface area contributed by atoms with Crippen LogP contribution in [0.2, 0.25) is 0 Å². The van der Waals surface area contributed by atoms with E-state index in [9.17, 15) is 5.11 Å². The lowest BCUT2D eigenvalue weighted by atomic mass is 9.63. The first-order valence-electron chi connectivity index (χ1n) is 9.44. The van der Waals surface area contributed by atoms with Crippen LogP contribution < -0.4 is 0 Å². The highest BCUT2D eigenvalue weighted by Crippen LogP contribution is 2.48. The molecule has 124 valence electrons. The predicted molar refractivity (Wildman–Crippen MR) is 95.3 cm³/mol. The van der Waals surface area contributed by atoms with E-state index in [4.69, 9.17) is 0 Å². The van der Waals surface area contributed by atoms with Gasteiger partial charge in [0.2, 0.25) is 0 Å². The molecule has 1 N–H and O–H groups in total. The van der Waals surface area contributed by atoms with Crippen molar-refractivity contribution in [2.75, 3.05) is 0 Å². The topological polar surface area (TPSA) is 20.2 Å². The van der Waals surface area contributed by atoms with Crippen LogP contribution in [-0.4, -0.2) is 5.11 Å². The number of rotatable bonds is 8. The molecular weight excluding hydrogens is 268 g/mol. The molecule has 1 aromatic carbocycles. The van der Waals surface area contributed by atoms with E-state index < -0.39 is 0 Å². The van der Waals surface area contributed by atoms with Gasteiger partial charge in [0.1, 0.15) is 5.75 Å². The highest BCUT2D eigenvalue weighted by atomic mass is 16.3. The van der Waals surface area contributed by atoms with Crippen molar-refractivity contribution in [3.63, 3.8) is 0 Å². The quantitative estimate of drug-likeness (QED) is 0.544. The lowest BCUT2D eigenvalue weighted by molar-refractivity contribution is 0.0845. The van der Waals surface area contributed by atoms with Gasteiger partial charge in [-0.15, -0.1) is 0 Å². The average Bonchev–Trinajstić information content (AvgIpc) is 2.54. The van der Waals surface area contributed by atoms with Gasteiger partial charge in [-0.2, -0.15) is 0 Å². The summed E-state index contributed by atoms with van der Waals surface area (Å²) in [5, 5.41) is 9.34. The molecular formula is C21H34O. The van der Waals surface area contributed by atoms with Gasteiger partial charge in [-0.25, -0.2) is 0 Å². The Morgan fingerprint density at radius 2 is 1.73 bits per heavy atom. The number of phenols is 1. The maximum atomic E-state index is 9.34. The van der Waals surface area contributed by atoms with E-state index in [0.717, 1.165) is 12.3 Å². The summed E-state index contributed by atoms with van der Waals surface area (Å²) in [6.07, 6.45) is 15.2. The second-order valence-corrected chi connectivity index (χ2v) is 7.49. The molecule has 0 amide bonds. The number of phenolic OH excluding ortho intramolecular Hbond substituents is 1. The van der Waals surface area contributed by atoms with Crippen LogP contribution >= 0.6 is 0 Å². The first-order valence-corrected chi connectivity index (χ1v) is 9.44. The van der Waals surface area contributed by atoms with Crippen LogP contribution in [-0.2, 0) is 6.42 Å². The zero-order valence-corrected chi connectivity index (χ0v) is 14.6. The highest BCUT2D eigenvalue weighted by molar-refractivity contribution is 5.25. The van der Waals surface area contributed by atoms with E-state index in [1.54, 1.807) is 12.1 Å². The van der Waals surface area contributed by atoms with Gasteiger partial charge < -0.3 is 5.11 Å². The summed E-state index contributed by atoms with van der Waals surface area (Å²) in [6.45, 7) is 4.84. The number of aromatic hydroxyl groups is 1. The number of aryl methyl sites for hydroxylation is 1. The summed E-state index contributed by atoms with van der Waals surface area (Å²) < 4.78 is 0. The lowest BCUT2D eigenvalue weighted by Gasteiger charge is -2.43. The Bertz CT molecular complexity index is 414. The van der Waals surface area contributed by atoms with E-state index >= 15 is 0 Å². The molecule has 0 aliphatic heterocycles. The van der Waals surface area contributed by atoms with Crippen molar-refractivity contribution >= 4 is 0 Å². The van der Waals surface area contributed by atoms with Crippen LogP contribution in [0.4, 0.5) is 0 Å². The van der Waals surface area contributed by atoms with E-state index in [2.05, 4.69) is 26.0 Å². The SMILES string of the molecule is CCCC(C)C1(CCCCc2ccc(O)cc2)CCCCC1. The van der Waals surface area contributed by atoms with Crippen LogP contribution in [0.3, 0.4) is 0 Å². The molecule has 1 atom stereocenters. The summed E-state index contributed by atoms with van der Waals surface area (Å²) in [7, 11) is 0. The Hall–Kier alpha value is -0.980. The minimum Gasteiger partial charge on any atom is -0.508 e. The molecule has 2 rings (SSSR count). The van der Waals surface area contributed by atoms with Gasteiger partial charge in [-0.1, -0.05) is 64.5 Å². The van der Waals surface area contributed by atoms with E-state index in [1.807, 2.05) is 0 Å². The Labute approximate surface area is 137 Å². The summed E-state index contributed by atoms with van der Waals surface area (Å²) in [5.74, 6) is 1.27. The van der Waals surface area contributed by atoms with Crippen LogP contribution in [0, 0.1) is 11.3 Å². The maximum absolute atomic E-state index is 9.34. The van der Waals surface area contributed by atoms with Crippen molar-refractivity contribution in [2.24, 2.45) is 11.3 Å². The van der Waals surface area contributed by atoms with E-state index in [0.29, 0.717) is 11.2 Å². The Morgan fingerprint density at radius 1 is 1.05 bits per heavy atom. The second kappa shape index (κ2) is 8.60. The molecule has 22 heavy (non-hydrogen) atoms. The van der Waals surface area contributed by atoms with Gasteiger partial charge in [-0.3, -0.25) is 0 Å². The molecule has 1 aliphatic rings. The molecule has 1 heteroatoms. The summed E-state index contributed by atoms with van der Waals surface area (Å²) >= 11 is 0. The van der Waals surface area contributed by atoms with Crippen molar-refractivity contribution in [3.8, 4) is 5.75 Å². The maximum Gasteiger partial charge on any atom is 0.115 e. The monoisotopic (exact) mass is 302 g/mol. The molecule has 1 saturated carbocycles. The molecule has 0 aromatic heterocycles. The van der Waals surface area contributed by atoms with Crippen molar-refractivity contribution in [3.05, 3.63) is 29.8 Å². The Morgan fingerprint density at radius 3 is 2.36 bits per heavy atom. The second-order valence-electron chi connectivity index (χ2n) is 7.49. The van der Waals surface area contributed by atoms with Crippen LogP contribution in [0.1, 0.15) is 83.6 Å². The van der Waals surface area contributed by atoms with Gasteiger partial charge >= 0.3 is 0 Å². The van der Waals surface area contributed by atoms with Crippen molar-refractivity contribution in [2.45, 2.75) is 84.5 Å². The fourth-order valence-corrected chi connectivity index (χ4v) is 4.45. The standard InChI is InChI=1S/C21H34O/c1-3-9-18(2)21(15-6-4-7-16-21)17-8-5-10-19-11-13-20(22)14-12-19/h11-14,18,22H,3-10,15-17H2,1-2H3. The Kier molecular flexibility index (Phi) is 6.79. The van der Waals surface area contributed by atoms with Gasteiger partial charge in [0.05, 0.1) is 0 Å². The molecule has 1 unspecified atom stereocenters. The summed E-state index contributed by atoms with van der Waals surface area (Å²) in [5.41, 5.74) is 2.00. The number of benzene rings is 1. The molecule has 0 bridgehead atoms. The first-order chi connectivity index (χ1) is 10.7. The zero-order valence-electron chi connectivity index (χ0n) is 14.6.